The first-order chi connectivity index (χ1) is 13.9. The number of hydrogen-bond donors (Lipinski definition) is 0. The number of amides is 1. The first kappa shape index (κ1) is 20.3. The second kappa shape index (κ2) is 8.07. The molecule has 1 unspecified atom stereocenters. The number of ether oxygens (including phenoxy) is 1. The van der Waals surface area contributed by atoms with E-state index in [0.717, 1.165) is 5.56 Å². The molecule has 154 valence electrons. The summed E-state index contributed by atoms with van der Waals surface area (Å²) in [7, 11) is -3.83. The molecule has 29 heavy (non-hydrogen) atoms. The van der Waals surface area contributed by atoms with Crippen LogP contribution in [-0.4, -0.2) is 55.4 Å². The van der Waals surface area contributed by atoms with Crippen LogP contribution in [0.1, 0.15) is 18.4 Å². The van der Waals surface area contributed by atoms with E-state index in [4.69, 9.17) is 16.3 Å². The van der Waals surface area contributed by atoms with Crippen LogP contribution in [-0.2, 0) is 26.1 Å². The topological polar surface area (TPSA) is 66.9 Å². The van der Waals surface area contributed by atoms with Crippen molar-refractivity contribution in [2.24, 2.45) is 0 Å². The molecule has 6 nitrogen and oxygen atoms in total. The third kappa shape index (κ3) is 3.92. The Labute approximate surface area is 176 Å². The average Bonchev–Trinajstić information content (AvgIpc) is 3.14. The highest BCUT2D eigenvalue weighted by Crippen LogP contribution is 2.35. The average molecular weight is 435 g/mol. The second-order valence-electron chi connectivity index (χ2n) is 7.51. The van der Waals surface area contributed by atoms with Crippen LogP contribution in [0.4, 0.5) is 0 Å². The molecular weight excluding hydrogens is 412 g/mol. The van der Waals surface area contributed by atoms with Gasteiger partial charge in [-0.2, -0.15) is 4.31 Å². The number of sulfonamides is 1. The molecule has 2 aliphatic rings. The van der Waals surface area contributed by atoms with Crippen LogP contribution < -0.4 is 0 Å². The lowest BCUT2D eigenvalue weighted by Gasteiger charge is -2.40. The molecule has 2 aromatic carbocycles. The summed E-state index contributed by atoms with van der Waals surface area (Å²) in [5.41, 5.74) is 0.326. The number of benzene rings is 2. The zero-order valence-corrected chi connectivity index (χ0v) is 17.5. The Balaban J connectivity index is 1.69. The van der Waals surface area contributed by atoms with E-state index < -0.39 is 15.6 Å². The predicted molar refractivity (Wildman–Crippen MR) is 110 cm³/mol. The van der Waals surface area contributed by atoms with Crippen LogP contribution in [0.2, 0.25) is 5.02 Å². The number of hydrogen-bond acceptors (Lipinski definition) is 4. The molecule has 0 N–H and O–H groups in total. The zero-order chi connectivity index (χ0) is 20.5. The summed E-state index contributed by atoms with van der Waals surface area (Å²) in [5.74, 6) is -0.0591. The highest BCUT2D eigenvalue weighted by Gasteiger charge is 2.48. The van der Waals surface area contributed by atoms with Crippen molar-refractivity contribution in [1.82, 2.24) is 9.21 Å². The van der Waals surface area contributed by atoms with Crippen molar-refractivity contribution in [2.75, 3.05) is 26.3 Å². The fraction of sp³-hybridized carbons (Fsp3) is 0.381. The summed E-state index contributed by atoms with van der Waals surface area (Å²) in [6.45, 7) is 1.57. The van der Waals surface area contributed by atoms with Crippen molar-refractivity contribution in [3.8, 4) is 0 Å². The molecule has 0 radical (unpaired) electrons. The monoisotopic (exact) mass is 434 g/mol. The van der Waals surface area contributed by atoms with E-state index in [0.29, 0.717) is 26.2 Å². The number of halogens is 1. The van der Waals surface area contributed by atoms with Crippen molar-refractivity contribution in [3.63, 3.8) is 0 Å². The van der Waals surface area contributed by atoms with Gasteiger partial charge in [0, 0.05) is 32.7 Å². The first-order valence-electron chi connectivity index (χ1n) is 9.59. The molecule has 2 heterocycles. The molecule has 1 spiro atoms. The molecule has 8 heteroatoms. The van der Waals surface area contributed by atoms with Crippen molar-refractivity contribution >= 4 is 27.5 Å². The fourth-order valence-corrected chi connectivity index (χ4v) is 6.08. The molecular formula is C21H23ClN2O4S. The molecule has 0 aromatic heterocycles. The maximum absolute atomic E-state index is 13.3. The first-order valence-corrected chi connectivity index (χ1v) is 11.4. The highest BCUT2D eigenvalue weighted by atomic mass is 35.5. The van der Waals surface area contributed by atoms with Gasteiger partial charge < -0.3 is 9.64 Å². The quantitative estimate of drug-likeness (QED) is 0.742. The van der Waals surface area contributed by atoms with Crippen LogP contribution in [0.25, 0.3) is 0 Å². The van der Waals surface area contributed by atoms with Crippen LogP contribution >= 0.6 is 11.6 Å². The van der Waals surface area contributed by atoms with Crippen LogP contribution in [0.3, 0.4) is 0 Å². The Kier molecular flexibility index (Phi) is 5.66. The molecule has 4 rings (SSSR count). The standard InChI is InChI=1S/C21H23ClN2O4S/c22-18-8-4-5-9-19(18)29(26,27)23-12-10-20(25)24(14-17-6-2-1-3-7-17)21(15-23)11-13-28-16-21/h1-9H,10-16H2. The van der Waals surface area contributed by atoms with Crippen molar-refractivity contribution in [2.45, 2.75) is 29.8 Å². The normalized spacial score (nSPS) is 23.5. The molecule has 2 aromatic rings. The number of carbonyl (C=O) groups excluding carboxylic acids is 1. The Bertz CT molecular complexity index is 991. The molecule has 2 aliphatic heterocycles. The van der Waals surface area contributed by atoms with E-state index in [2.05, 4.69) is 0 Å². The maximum atomic E-state index is 13.3. The van der Waals surface area contributed by atoms with E-state index in [1.54, 1.807) is 18.2 Å². The van der Waals surface area contributed by atoms with Gasteiger partial charge in [-0.15, -0.1) is 0 Å². The molecule has 0 bridgehead atoms. The van der Waals surface area contributed by atoms with Crippen molar-refractivity contribution < 1.29 is 17.9 Å². The lowest BCUT2D eigenvalue weighted by atomic mass is 9.95. The lowest BCUT2D eigenvalue weighted by molar-refractivity contribution is -0.137. The van der Waals surface area contributed by atoms with Gasteiger partial charge in [0.05, 0.1) is 17.2 Å². The SMILES string of the molecule is O=C1CCN(S(=O)(=O)c2ccccc2Cl)CC2(CCOC2)N1Cc1ccccc1. The Morgan fingerprint density at radius 2 is 1.79 bits per heavy atom. The molecule has 0 saturated carbocycles. The third-order valence-corrected chi connectivity index (χ3v) is 7.98. The van der Waals surface area contributed by atoms with E-state index in [1.165, 1.54) is 10.4 Å². The minimum atomic E-state index is -3.83. The largest absolute Gasteiger partial charge is 0.379 e. The fourth-order valence-electron chi connectivity index (χ4n) is 4.07. The number of carbonyl (C=O) groups is 1. The van der Waals surface area contributed by atoms with Gasteiger partial charge >= 0.3 is 0 Å². The summed E-state index contributed by atoms with van der Waals surface area (Å²) in [4.78, 5) is 15.0. The number of nitrogens with zero attached hydrogens (tertiary/aromatic N) is 2. The van der Waals surface area contributed by atoms with E-state index >= 15 is 0 Å². The summed E-state index contributed by atoms with van der Waals surface area (Å²) in [6.07, 6.45) is 0.721. The van der Waals surface area contributed by atoms with Gasteiger partial charge in [0.25, 0.3) is 0 Å². The smallest absolute Gasteiger partial charge is 0.244 e. The number of rotatable bonds is 4. The van der Waals surface area contributed by atoms with E-state index in [9.17, 15) is 13.2 Å². The van der Waals surface area contributed by atoms with Gasteiger partial charge in [-0.3, -0.25) is 4.79 Å². The van der Waals surface area contributed by atoms with Crippen LogP contribution in [0.15, 0.2) is 59.5 Å². The van der Waals surface area contributed by atoms with Crippen LogP contribution in [0.5, 0.6) is 0 Å². The van der Waals surface area contributed by atoms with Gasteiger partial charge in [-0.05, 0) is 24.1 Å². The predicted octanol–water partition coefficient (Wildman–Crippen LogP) is 2.92. The third-order valence-electron chi connectivity index (χ3n) is 5.64. The molecule has 2 saturated heterocycles. The Hall–Kier alpha value is -1.93. The zero-order valence-electron chi connectivity index (χ0n) is 16.0. The van der Waals surface area contributed by atoms with Gasteiger partial charge in [0.15, 0.2) is 0 Å². The Morgan fingerprint density at radius 3 is 2.48 bits per heavy atom. The summed E-state index contributed by atoms with van der Waals surface area (Å²) in [5, 5.41) is 0.181. The summed E-state index contributed by atoms with van der Waals surface area (Å²) >= 11 is 6.18. The summed E-state index contributed by atoms with van der Waals surface area (Å²) in [6, 6.07) is 16.2. The maximum Gasteiger partial charge on any atom is 0.244 e. The van der Waals surface area contributed by atoms with Crippen molar-refractivity contribution in [3.05, 3.63) is 65.2 Å². The minimum Gasteiger partial charge on any atom is -0.379 e. The van der Waals surface area contributed by atoms with E-state index in [-0.39, 0.29) is 35.3 Å². The van der Waals surface area contributed by atoms with Crippen molar-refractivity contribution in [1.29, 1.82) is 0 Å². The summed E-state index contributed by atoms with van der Waals surface area (Å²) < 4.78 is 33.7. The molecule has 0 aliphatic carbocycles. The van der Waals surface area contributed by atoms with E-state index in [1.807, 2.05) is 35.2 Å². The van der Waals surface area contributed by atoms with Gasteiger partial charge in [-0.1, -0.05) is 54.1 Å². The lowest BCUT2D eigenvalue weighted by Crippen LogP contribution is -2.56. The minimum absolute atomic E-state index is 0.0591. The Morgan fingerprint density at radius 1 is 1.07 bits per heavy atom. The highest BCUT2D eigenvalue weighted by molar-refractivity contribution is 7.89. The molecule has 2 fully saturated rings. The van der Waals surface area contributed by atoms with Gasteiger partial charge in [0.1, 0.15) is 4.90 Å². The molecule has 1 atom stereocenters. The van der Waals surface area contributed by atoms with Gasteiger partial charge in [-0.25, -0.2) is 8.42 Å². The van der Waals surface area contributed by atoms with Gasteiger partial charge in [0.2, 0.25) is 15.9 Å². The second-order valence-corrected chi connectivity index (χ2v) is 9.82. The molecule has 1 amide bonds. The van der Waals surface area contributed by atoms with Crippen LogP contribution in [0, 0.1) is 0 Å².